The molecule has 1 amide bonds. The van der Waals surface area contributed by atoms with Crippen molar-refractivity contribution in [3.8, 4) is 5.88 Å². The van der Waals surface area contributed by atoms with Crippen LogP contribution in [0.3, 0.4) is 0 Å². The number of nitrogens with one attached hydrogen (secondary N) is 1. The van der Waals surface area contributed by atoms with E-state index in [2.05, 4.69) is 20.5 Å². The molecular weight excluding hydrogens is 308 g/mol. The molecule has 0 saturated carbocycles. The van der Waals surface area contributed by atoms with Gasteiger partial charge in [-0.05, 0) is 39.4 Å². The Morgan fingerprint density at radius 2 is 2.21 bits per heavy atom. The molecule has 1 unspecified atom stereocenters. The van der Waals surface area contributed by atoms with Crippen molar-refractivity contribution >= 4 is 11.6 Å². The average Bonchev–Trinajstić information content (AvgIpc) is 2.89. The molecule has 8 nitrogen and oxygen atoms in total. The van der Waals surface area contributed by atoms with Crippen molar-refractivity contribution in [2.45, 2.75) is 39.9 Å². The van der Waals surface area contributed by atoms with Crippen molar-refractivity contribution in [2.75, 3.05) is 19.0 Å². The first-order valence-electron chi connectivity index (χ1n) is 7.98. The van der Waals surface area contributed by atoms with E-state index in [1.165, 1.54) is 0 Å². The first-order chi connectivity index (χ1) is 11.5. The molecule has 0 radical (unpaired) electrons. The quantitative estimate of drug-likeness (QED) is 0.905. The monoisotopic (exact) mass is 330 g/mol. The van der Waals surface area contributed by atoms with Gasteiger partial charge in [-0.25, -0.2) is 4.98 Å². The summed E-state index contributed by atoms with van der Waals surface area (Å²) in [6.07, 6.45) is 1.72. The van der Waals surface area contributed by atoms with Gasteiger partial charge in [-0.1, -0.05) is 0 Å². The van der Waals surface area contributed by atoms with Crippen molar-refractivity contribution in [2.24, 2.45) is 0 Å². The third kappa shape index (κ3) is 3.09. The van der Waals surface area contributed by atoms with Crippen molar-refractivity contribution in [3.05, 3.63) is 29.5 Å². The van der Waals surface area contributed by atoms with Crippen LogP contribution in [0.2, 0.25) is 0 Å². The minimum atomic E-state index is -0.304. The largest absolute Gasteiger partial charge is 0.476 e. The Morgan fingerprint density at radius 1 is 1.42 bits per heavy atom. The summed E-state index contributed by atoms with van der Waals surface area (Å²) in [4.78, 5) is 19.0. The zero-order valence-electron chi connectivity index (χ0n) is 14.4. The van der Waals surface area contributed by atoms with Crippen LogP contribution in [0.25, 0.3) is 0 Å². The van der Waals surface area contributed by atoms with Crippen LogP contribution in [-0.4, -0.2) is 50.3 Å². The summed E-state index contributed by atoms with van der Waals surface area (Å²) in [5.41, 5.74) is 1.56. The molecule has 0 spiro atoms. The molecule has 1 aliphatic rings. The summed E-state index contributed by atoms with van der Waals surface area (Å²) in [6, 6.07) is 1.57. The summed E-state index contributed by atoms with van der Waals surface area (Å²) in [7, 11) is 1.91. The zero-order chi connectivity index (χ0) is 17.3. The first kappa shape index (κ1) is 16.4. The molecule has 0 fully saturated rings. The predicted molar refractivity (Wildman–Crippen MR) is 88.8 cm³/mol. The van der Waals surface area contributed by atoms with Gasteiger partial charge in [0.15, 0.2) is 0 Å². The van der Waals surface area contributed by atoms with E-state index in [9.17, 15) is 4.79 Å². The van der Waals surface area contributed by atoms with Crippen molar-refractivity contribution in [1.29, 1.82) is 0 Å². The average molecular weight is 330 g/mol. The fourth-order valence-electron chi connectivity index (χ4n) is 2.82. The number of nitrogens with zero attached hydrogens (tertiary/aromatic N) is 5. The lowest BCUT2D eigenvalue weighted by molar-refractivity contribution is -0.122. The van der Waals surface area contributed by atoms with Gasteiger partial charge in [0.1, 0.15) is 23.4 Å². The van der Waals surface area contributed by atoms with Gasteiger partial charge in [0.25, 0.3) is 0 Å². The number of ether oxygens (including phenoxy) is 1. The van der Waals surface area contributed by atoms with Crippen LogP contribution < -0.4 is 10.1 Å². The zero-order valence-corrected chi connectivity index (χ0v) is 14.4. The molecule has 2 aromatic rings. The molecular formula is C16H22N6O2. The molecule has 0 saturated heterocycles. The van der Waals surface area contributed by atoms with Crippen LogP contribution >= 0.6 is 0 Å². The molecule has 1 N–H and O–H groups in total. The number of aryl methyl sites for hydroxylation is 2. The fraction of sp³-hybridized carbons (Fsp3) is 0.500. The molecule has 3 heterocycles. The van der Waals surface area contributed by atoms with Crippen LogP contribution in [0.4, 0.5) is 5.69 Å². The second-order valence-electron chi connectivity index (χ2n) is 5.99. The summed E-state index contributed by atoms with van der Waals surface area (Å²) in [5, 5.41) is 11.2. The van der Waals surface area contributed by atoms with Gasteiger partial charge in [0.2, 0.25) is 11.8 Å². The SMILES string of the molecule is CCOc1ncc(C)cc1NC(=O)C1Cn2c(C)nnc2CN1C. The van der Waals surface area contributed by atoms with E-state index in [-0.39, 0.29) is 11.9 Å². The number of pyridine rings is 1. The Labute approximate surface area is 140 Å². The maximum absolute atomic E-state index is 12.8. The number of fused-ring (bicyclic) bond motifs is 1. The van der Waals surface area contributed by atoms with E-state index in [0.29, 0.717) is 31.3 Å². The summed E-state index contributed by atoms with van der Waals surface area (Å²) in [5.74, 6) is 2.05. The van der Waals surface area contributed by atoms with Crippen LogP contribution in [-0.2, 0) is 17.9 Å². The van der Waals surface area contributed by atoms with Crippen molar-refractivity contribution < 1.29 is 9.53 Å². The molecule has 3 rings (SSSR count). The Hall–Kier alpha value is -2.48. The second kappa shape index (κ2) is 6.56. The number of aromatic nitrogens is 4. The van der Waals surface area contributed by atoms with Crippen molar-refractivity contribution in [1.82, 2.24) is 24.6 Å². The maximum atomic E-state index is 12.8. The highest BCUT2D eigenvalue weighted by molar-refractivity contribution is 5.95. The minimum absolute atomic E-state index is 0.0930. The third-order valence-corrected chi connectivity index (χ3v) is 4.12. The van der Waals surface area contributed by atoms with E-state index in [1.807, 2.05) is 43.4 Å². The molecule has 0 bridgehead atoms. The third-order valence-electron chi connectivity index (χ3n) is 4.12. The number of hydrogen-bond donors (Lipinski definition) is 1. The van der Waals surface area contributed by atoms with E-state index in [4.69, 9.17) is 4.74 Å². The van der Waals surface area contributed by atoms with Gasteiger partial charge >= 0.3 is 0 Å². The normalized spacial score (nSPS) is 17.4. The van der Waals surface area contributed by atoms with Crippen LogP contribution in [0.5, 0.6) is 5.88 Å². The van der Waals surface area contributed by atoms with Crippen LogP contribution in [0, 0.1) is 13.8 Å². The molecule has 0 aliphatic carbocycles. The Bertz CT molecular complexity index is 757. The number of carbonyl (C=O) groups is 1. The van der Waals surface area contributed by atoms with Gasteiger partial charge in [-0.2, -0.15) is 0 Å². The summed E-state index contributed by atoms with van der Waals surface area (Å²) >= 11 is 0. The van der Waals surface area contributed by atoms with Gasteiger partial charge < -0.3 is 14.6 Å². The van der Waals surface area contributed by atoms with Crippen LogP contribution in [0.15, 0.2) is 12.3 Å². The topological polar surface area (TPSA) is 85.2 Å². The molecule has 8 heteroatoms. The predicted octanol–water partition coefficient (Wildman–Crippen LogP) is 1.14. The molecule has 0 aromatic carbocycles. The molecule has 24 heavy (non-hydrogen) atoms. The van der Waals surface area contributed by atoms with E-state index in [1.54, 1.807) is 6.20 Å². The molecule has 2 aromatic heterocycles. The standard InChI is InChI=1S/C16H22N6O2/c1-5-24-16-12(6-10(2)7-17-16)18-15(23)13-8-22-11(3)19-20-14(22)9-21(13)4/h6-7,13H,5,8-9H2,1-4H3,(H,18,23). The Kier molecular flexibility index (Phi) is 4.48. The number of carbonyl (C=O) groups excluding carboxylic acids is 1. The van der Waals surface area contributed by atoms with Gasteiger partial charge in [0, 0.05) is 6.20 Å². The second-order valence-corrected chi connectivity index (χ2v) is 5.99. The van der Waals surface area contributed by atoms with Gasteiger partial charge in [0.05, 0.1) is 19.7 Å². The lowest BCUT2D eigenvalue weighted by atomic mass is 10.1. The van der Waals surface area contributed by atoms with Gasteiger partial charge in [-0.15, -0.1) is 10.2 Å². The number of hydrogen-bond acceptors (Lipinski definition) is 6. The summed E-state index contributed by atoms with van der Waals surface area (Å²) in [6.45, 7) is 7.32. The number of anilines is 1. The highest BCUT2D eigenvalue weighted by Gasteiger charge is 2.31. The number of rotatable bonds is 4. The van der Waals surface area contributed by atoms with Crippen molar-refractivity contribution in [3.63, 3.8) is 0 Å². The van der Waals surface area contributed by atoms with Crippen LogP contribution in [0.1, 0.15) is 24.1 Å². The Morgan fingerprint density at radius 3 is 2.96 bits per heavy atom. The van der Waals surface area contributed by atoms with Gasteiger partial charge in [-0.3, -0.25) is 9.69 Å². The first-order valence-corrected chi connectivity index (χ1v) is 7.98. The lowest BCUT2D eigenvalue weighted by Crippen LogP contribution is -2.48. The van der Waals surface area contributed by atoms with E-state index >= 15 is 0 Å². The molecule has 1 aliphatic heterocycles. The number of amides is 1. The Balaban J connectivity index is 1.80. The molecule has 1 atom stereocenters. The minimum Gasteiger partial charge on any atom is -0.476 e. The smallest absolute Gasteiger partial charge is 0.243 e. The maximum Gasteiger partial charge on any atom is 0.243 e. The number of likely N-dealkylation sites (N-methyl/N-ethyl adjacent to an activating group) is 1. The van der Waals surface area contributed by atoms with E-state index < -0.39 is 0 Å². The highest BCUT2D eigenvalue weighted by Crippen LogP contribution is 2.24. The summed E-state index contributed by atoms with van der Waals surface area (Å²) < 4.78 is 7.49. The van der Waals surface area contributed by atoms with E-state index in [0.717, 1.165) is 17.2 Å². The fourth-order valence-corrected chi connectivity index (χ4v) is 2.82. The lowest BCUT2D eigenvalue weighted by Gasteiger charge is -2.32. The molecule has 128 valence electrons. The highest BCUT2D eigenvalue weighted by atomic mass is 16.5.